The van der Waals surface area contributed by atoms with Crippen molar-refractivity contribution < 1.29 is 22.4 Å². The monoisotopic (exact) mass is 497 g/mol. The Labute approximate surface area is 206 Å². The molecule has 4 rings (SSSR count). The minimum atomic E-state index is -3.82. The molecule has 0 radical (unpaired) electrons. The highest BCUT2D eigenvalue weighted by Crippen LogP contribution is 2.27. The number of hydrogen-bond acceptors (Lipinski definition) is 6. The van der Waals surface area contributed by atoms with Gasteiger partial charge in [-0.2, -0.15) is 0 Å². The van der Waals surface area contributed by atoms with E-state index in [0.717, 1.165) is 37.2 Å². The Bertz CT molecular complexity index is 1250. The predicted molar refractivity (Wildman–Crippen MR) is 133 cm³/mol. The van der Waals surface area contributed by atoms with Crippen LogP contribution in [-0.4, -0.2) is 46.0 Å². The first kappa shape index (κ1) is 25.0. The number of sulfonamides is 1. The molecule has 0 spiro atoms. The van der Waals surface area contributed by atoms with Crippen LogP contribution in [0.25, 0.3) is 0 Å². The summed E-state index contributed by atoms with van der Waals surface area (Å²) in [5, 5.41) is 3.03. The van der Waals surface area contributed by atoms with Gasteiger partial charge in [0.15, 0.2) is 0 Å². The summed E-state index contributed by atoms with van der Waals surface area (Å²) in [4.78, 5) is 15.6. The number of nitrogens with zero attached hydrogens (tertiary/aromatic N) is 1. The van der Waals surface area contributed by atoms with E-state index < -0.39 is 10.0 Å². The van der Waals surface area contributed by atoms with E-state index in [-0.39, 0.29) is 23.4 Å². The third kappa shape index (κ3) is 6.11. The Balaban J connectivity index is 1.50. The van der Waals surface area contributed by atoms with Crippen LogP contribution in [0.15, 0.2) is 70.2 Å². The molecule has 2 heterocycles. The van der Waals surface area contributed by atoms with Gasteiger partial charge in [0.2, 0.25) is 10.0 Å². The minimum absolute atomic E-state index is 0.00117. The van der Waals surface area contributed by atoms with Crippen LogP contribution in [0, 0.1) is 6.92 Å². The number of amides is 1. The number of carbonyl (C=O) groups is 1. The number of methoxy groups -OCH3 is 1. The van der Waals surface area contributed by atoms with Gasteiger partial charge in [-0.15, -0.1) is 0 Å². The summed E-state index contributed by atoms with van der Waals surface area (Å²) in [6, 6.07) is 15.8. The normalized spacial score (nSPS) is 15.1. The molecule has 0 bridgehead atoms. The number of hydrogen-bond donors (Lipinski definition) is 2. The molecule has 1 saturated heterocycles. The SMILES string of the molecule is COc1cccc(C(CNC(=O)c2cc(S(=O)(=O)NCc3ccco3)ccc2C)N2CCCC2)c1. The molecule has 1 aliphatic rings. The van der Waals surface area contributed by atoms with Gasteiger partial charge in [0, 0.05) is 12.1 Å². The molecule has 0 saturated carbocycles. The van der Waals surface area contributed by atoms with Crippen LogP contribution in [0.1, 0.15) is 46.1 Å². The van der Waals surface area contributed by atoms with E-state index >= 15 is 0 Å². The van der Waals surface area contributed by atoms with Gasteiger partial charge in [0.05, 0.1) is 30.9 Å². The van der Waals surface area contributed by atoms with Crippen molar-refractivity contribution >= 4 is 15.9 Å². The number of furan rings is 1. The number of benzene rings is 2. The highest BCUT2D eigenvalue weighted by Gasteiger charge is 2.25. The molecule has 1 fully saturated rings. The molecular weight excluding hydrogens is 466 g/mol. The number of carbonyl (C=O) groups excluding carboxylic acids is 1. The van der Waals surface area contributed by atoms with Crippen LogP contribution in [0.3, 0.4) is 0 Å². The van der Waals surface area contributed by atoms with Crippen molar-refractivity contribution in [2.75, 3.05) is 26.7 Å². The van der Waals surface area contributed by atoms with E-state index in [2.05, 4.69) is 14.9 Å². The fourth-order valence-electron chi connectivity index (χ4n) is 4.32. The molecule has 0 aliphatic carbocycles. The topological polar surface area (TPSA) is 101 Å². The molecule has 9 heteroatoms. The van der Waals surface area contributed by atoms with Gasteiger partial charge in [0.1, 0.15) is 11.5 Å². The van der Waals surface area contributed by atoms with Crippen molar-refractivity contribution in [3.63, 3.8) is 0 Å². The molecule has 1 aromatic heterocycles. The smallest absolute Gasteiger partial charge is 0.251 e. The van der Waals surface area contributed by atoms with Crippen LogP contribution >= 0.6 is 0 Å². The third-order valence-electron chi connectivity index (χ3n) is 6.30. The number of rotatable bonds is 10. The summed E-state index contributed by atoms with van der Waals surface area (Å²) in [6.45, 7) is 4.15. The fraction of sp³-hybridized carbons (Fsp3) is 0.346. The first-order valence-corrected chi connectivity index (χ1v) is 13.1. The molecular formula is C26H31N3O5S. The quantitative estimate of drug-likeness (QED) is 0.444. The number of ether oxygens (including phenoxy) is 1. The Morgan fingerprint density at radius 2 is 1.91 bits per heavy atom. The van der Waals surface area contributed by atoms with Gasteiger partial charge >= 0.3 is 0 Å². The van der Waals surface area contributed by atoms with Crippen LogP contribution in [-0.2, 0) is 16.6 Å². The largest absolute Gasteiger partial charge is 0.497 e. The summed E-state index contributed by atoms with van der Waals surface area (Å²) in [6.07, 6.45) is 3.73. The highest BCUT2D eigenvalue weighted by atomic mass is 32.2. The van der Waals surface area contributed by atoms with Crippen molar-refractivity contribution in [2.24, 2.45) is 0 Å². The van der Waals surface area contributed by atoms with E-state index in [1.807, 2.05) is 24.3 Å². The van der Waals surface area contributed by atoms with Gasteiger partial charge in [-0.25, -0.2) is 13.1 Å². The highest BCUT2D eigenvalue weighted by molar-refractivity contribution is 7.89. The van der Waals surface area contributed by atoms with E-state index in [4.69, 9.17) is 9.15 Å². The lowest BCUT2D eigenvalue weighted by molar-refractivity contribution is 0.0937. The summed E-state index contributed by atoms with van der Waals surface area (Å²) < 4.78 is 38.7. The van der Waals surface area contributed by atoms with E-state index in [9.17, 15) is 13.2 Å². The van der Waals surface area contributed by atoms with Crippen molar-refractivity contribution in [2.45, 2.75) is 37.2 Å². The summed E-state index contributed by atoms with van der Waals surface area (Å²) in [5.41, 5.74) is 2.10. The maximum absolute atomic E-state index is 13.2. The van der Waals surface area contributed by atoms with Gasteiger partial charge in [-0.1, -0.05) is 18.2 Å². The van der Waals surface area contributed by atoms with Crippen molar-refractivity contribution in [1.29, 1.82) is 0 Å². The zero-order valence-corrected chi connectivity index (χ0v) is 20.8. The van der Waals surface area contributed by atoms with E-state index in [1.165, 1.54) is 18.4 Å². The van der Waals surface area contributed by atoms with Crippen molar-refractivity contribution in [3.05, 3.63) is 83.3 Å². The molecule has 1 atom stereocenters. The van der Waals surface area contributed by atoms with Gasteiger partial charge < -0.3 is 14.5 Å². The predicted octanol–water partition coefficient (Wildman–Crippen LogP) is 3.64. The summed E-state index contributed by atoms with van der Waals surface area (Å²) >= 11 is 0. The molecule has 2 N–H and O–H groups in total. The molecule has 3 aromatic rings. The third-order valence-corrected chi connectivity index (χ3v) is 7.70. The zero-order valence-electron chi connectivity index (χ0n) is 20.0. The maximum atomic E-state index is 13.2. The van der Waals surface area contributed by atoms with Crippen LogP contribution < -0.4 is 14.8 Å². The van der Waals surface area contributed by atoms with E-state index in [1.54, 1.807) is 32.2 Å². The Morgan fingerprint density at radius 1 is 1.11 bits per heavy atom. The maximum Gasteiger partial charge on any atom is 0.251 e. The molecule has 2 aromatic carbocycles. The lowest BCUT2D eigenvalue weighted by Crippen LogP contribution is -2.37. The average Bonchev–Trinajstić information content (AvgIpc) is 3.58. The van der Waals surface area contributed by atoms with Gasteiger partial charge in [-0.05, 0) is 80.4 Å². The summed E-state index contributed by atoms with van der Waals surface area (Å²) in [7, 11) is -2.18. The second-order valence-electron chi connectivity index (χ2n) is 8.63. The number of likely N-dealkylation sites (tertiary alicyclic amines) is 1. The molecule has 1 aliphatic heterocycles. The lowest BCUT2D eigenvalue weighted by Gasteiger charge is -2.28. The summed E-state index contributed by atoms with van der Waals surface area (Å²) in [5.74, 6) is 0.968. The number of aryl methyl sites for hydroxylation is 1. The second kappa shape index (κ2) is 11.1. The minimum Gasteiger partial charge on any atom is -0.497 e. The molecule has 35 heavy (non-hydrogen) atoms. The molecule has 186 valence electrons. The first-order chi connectivity index (χ1) is 16.9. The van der Waals surface area contributed by atoms with Crippen molar-refractivity contribution in [1.82, 2.24) is 14.9 Å². The number of nitrogens with one attached hydrogen (secondary N) is 2. The van der Waals surface area contributed by atoms with Crippen LogP contribution in [0.5, 0.6) is 5.75 Å². The first-order valence-electron chi connectivity index (χ1n) is 11.7. The average molecular weight is 498 g/mol. The van der Waals surface area contributed by atoms with Crippen LogP contribution in [0.4, 0.5) is 0 Å². The lowest BCUT2D eigenvalue weighted by atomic mass is 10.0. The van der Waals surface area contributed by atoms with E-state index in [0.29, 0.717) is 23.4 Å². The molecule has 1 amide bonds. The Morgan fingerprint density at radius 3 is 2.63 bits per heavy atom. The zero-order chi connectivity index (χ0) is 24.8. The molecule has 1 unspecified atom stereocenters. The standard InChI is InChI=1S/C26H31N3O5S/c1-19-10-11-23(35(31,32)28-17-22-9-6-14-34-22)16-24(19)26(30)27-18-25(29-12-3-4-13-29)20-7-5-8-21(15-20)33-2/h5-11,14-16,25,28H,3-4,12-13,17-18H2,1-2H3,(H,27,30). The van der Waals surface area contributed by atoms with Crippen LogP contribution in [0.2, 0.25) is 0 Å². The molecule has 8 nitrogen and oxygen atoms in total. The van der Waals surface area contributed by atoms with Gasteiger partial charge in [0.25, 0.3) is 5.91 Å². The Kier molecular flexibility index (Phi) is 7.90. The van der Waals surface area contributed by atoms with Crippen molar-refractivity contribution in [3.8, 4) is 5.75 Å². The second-order valence-corrected chi connectivity index (χ2v) is 10.4. The van der Waals surface area contributed by atoms with Gasteiger partial charge in [-0.3, -0.25) is 9.69 Å². The Hall–Kier alpha value is -3.14. The fourth-order valence-corrected chi connectivity index (χ4v) is 5.34.